The lowest BCUT2D eigenvalue weighted by atomic mass is 10.1. The van der Waals surface area contributed by atoms with Gasteiger partial charge in [0.25, 0.3) is 5.91 Å². The summed E-state index contributed by atoms with van der Waals surface area (Å²) in [6.07, 6.45) is 0. The Labute approximate surface area is 142 Å². The number of fused-ring (bicyclic) bond motifs is 1. The van der Waals surface area contributed by atoms with Crippen molar-refractivity contribution in [1.82, 2.24) is 5.32 Å². The van der Waals surface area contributed by atoms with E-state index in [0.29, 0.717) is 23.6 Å². The second-order valence-electron chi connectivity index (χ2n) is 5.69. The van der Waals surface area contributed by atoms with Crippen molar-refractivity contribution in [3.05, 3.63) is 53.6 Å². The molecule has 0 unspecified atom stereocenters. The topological polar surface area (TPSA) is 50.8 Å². The summed E-state index contributed by atoms with van der Waals surface area (Å²) >= 11 is 0. The average molecular weight is 326 g/mol. The van der Waals surface area contributed by atoms with E-state index in [1.54, 1.807) is 18.2 Å². The molecule has 2 aromatic rings. The normalized spacial score (nSPS) is 12.1. The van der Waals surface area contributed by atoms with Crippen molar-refractivity contribution in [2.45, 2.75) is 13.8 Å². The molecule has 1 N–H and O–H groups in total. The molecule has 1 aliphatic rings. The zero-order valence-electron chi connectivity index (χ0n) is 14.0. The number of aryl methyl sites for hydroxylation is 1. The molecule has 0 saturated carbocycles. The number of carbonyl (C=O) groups is 1. The van der Waals surface area contributed by atoms with Gasteiger partial charge in [-0.2, -0.15) is 0 Å². The molecule has 1 heterocycles. The summed E-state index contributed by atoms with van der Waals surface area (Å²) in [6, 6.07) is 13.5. The predicted octanol–water partition coefficient (Wildman–Crippen LogP) is 2.98. The molecule has 24 heavy (non-hydrogen) atoms. The Morgan fingerprint density at radius 1 is 1.17 bits per heavy atom. The van der Waals surface area contributed by atoms with Crippen LogP contribution in [0.1, 0.15) is 22.8 Å². The number of para-hydroxylation sites is 1. The molecule has 0 spiro atoms. The van der Waals surface area contributed by atoms with E-state index in [1.807, 2.05) is 12.1 Å². The Morgan fingerprint density at radius 3 is 2.75 bits per heavy atom. The summed E-state index contributed by atoms with van der Waals surface area (Å²) in [4.78, 5) is 14.6. The van der Waals surface area contributed by atoms with Gasteiger partial charge >= 0.3 is 0 Å². The van der Waals surface area contributed by atoms with E-state index in [9.17, 15) is 4.79 Å². The molecule has 126 valence electrons. The SMILES string of the molecule is CCN(CCNC(=O)c1ccc2c(c1)OCO2)c1ccccc1C. The summed E-state index contributed by atoms with van der Waals surface area (Å²) < 4.78 is 10.6. The lowest BCUT2D eigenvalue weighted by Gasteiger charge is -2.25. The van der Waals surface area contributed by atoms with Gasteiger partial charge in [0.2, 0.25) is 6.79 Å². The average Bonchev–Trinajstić information content (AvgIpc) is 3.07. The monoisotopic (exact) mass is 326 g/mol. The molecular weight excluding hydrogens is 304 g/mol. The van der Waals surface area contributed by atoms with Crippen LogP contribution in [0.4, 0.5) is 5.69 Å². The maximum atomic E-state index is 12.3. The molecular formula is C19H22N2O3. The van der Waals surface area contributed by atoms with Crippen LogP contribution in [0.2, 0.25) is 0 Å². The number of likely N-dealkylation sites (N-methyl/N-ethyl adjacent to an activating group) is 1. The van der Waals surface area contributed by atoms with Gasteiger partial charge in [0.15, 0.2) is 11.5 Å². The molecule has 2 aromatic carbocycles. The van der Waals surface area contributed by atoms with Crippen molar-refractivity contribution in [1.29, 1.82) is 0 Å². The van der Waals surface area contributed by atoms with Gasteiger partial charge in [0.05, 0.1) is 0 Å². The minimum Gasteiger partial charge on any atom is -0.454 e. The number of carbonyl (C=O) groups excluding carboxylic acids is 1. The van der Waals surface area contributed by atoms with Crippen LogP contribution in [-0.2, 0) is 0 Å². The van der Waals surface area contributed by atoms with Crippen molar-refractivity contribution < 1.29 is 14.3 Å². The molecule has 5 nitrogen and oxygen atoms in total. The van der Waals surface area contributed by atoms with Crippen LogP contribution in [0, 0.1) is 6.92 Å². The van der Waals surface area contributed by atoms with Gasteiger partial charge < -0.3 is 19.7 Å². The first kappa shape index (κ1) is 16.2. The summed E-state index contributed by atoms with van der Waals surface area (Å²) in [7, 11) is 0. The molecule has 0 saturated heterocycles. The van der Waals surface area contributed by atoms with Gasteiger partial charge in [-0.1, -0.05) is 18.2 Å². The predicted molar refractivity (Wildman–Crippen MR) is 94.0 cm³/mol. The number of nitrogens with zero attached hydrogens (tertiary/aromatic N) is 1. The molecule has 0 atom stereocenters. The quantitative estimate of drug-likeness (QED) is 0.887. The number of anilines is 1. The van der Waals surface area contributed by atoms with Gasteiger partial charge in [-0.3, -0.25) is 4.79 Å². The number of ether oxygens (including phenoxy) is 2. The molecule has 1 aliphatic heterocycles. The molecule has 0 radical (unpaired) electrons. The summed E-state index contributed by atoms with van der Waals surface area (Å²) in [5.74, 6) is 1.20. The standard InChI is InChI=1S/C19H22N2O3/c1-3-21(16-7-5-4-6-14(16)2)11-10-20-19(22)15-8-9-17-18(12-15)24-13-23-17/h4-9,12H,3,10-11,13H2,1-2H3,(H,20,22). The molecule has 0 aromatic heterocycles. The maximum absolute atomic E-state index is 12.3. The lowest BCUT2D eigenvalue weighted by Crippen LogP contribution is -2.35. The first-order valence-corrected chi connectivity index (χ1v) is 8.17. The van der Waals surface area contributed by atoms with Crippen LogP contribution in [-0.4, -0.2) is 32.3 Å². The van der Waals surface area contributed by atoms with E-state index in [2.05, 4.69) is 36.2 Å². The summed E-state index contributed by atoms with van der Waals surface area (Å²) in [5.41, 5.74) is 3.02. The van der Waals surface area contributed by atoms with Crippen LogP contribution < -0.4 is 19.7 Å². The fourth-order valence-corrected chi connectivity index (χ4v) is 2.81. The smallest absolute Gasteiger partial charge is 0.251 e. The highest BCUT2D eigenvalue weighted by atomic mass is 16.7. The Morgan fingerprint density at radius 2 is 1.96 bits per heavy atom. The van der Waals surface area contributed by atoms with Crippen LogP contribution in [0.25, 0.3) is 0 Å². The Balaban J connectivity index is 1.57. The first-order chi connectivity index (χ1) is 11.7. The highest BCUT2D eigenvalue weighted by molar-refractivity contribution is 5.94. The molecule has 5 heteroatoms. The number of hydrogen-bond donors (Lipinski definition) is 1. The first-order valence-electron chi connectivity index (χ1n) is 8.17. The molecule has 3 rings (SSSR count). The van der Waals surface area contributed by atoms with Gasteiger partial charge in [-0.05, 0) is 43.7 Å². The molecule has 0 bridgehead atoms. The molecule has 1 amide bonds. The minimum absolute atomic E-state index is 0.103. The third-order valence-corrected chi connectivity index (χ3v) is 4.14. The van der Waals surface area contributed by atoms with Crippen molar-refractivity contribution in [3.8, 4) is 11.5 Å². The van der Waals surface area contributed by atoms with E-state index in [-0.39, 0.29) is 12.7 Å². The van der Waals surface area contributed by atoms with E-state index in [0.717, 1.165) is 13.1 Å². The van der Waals surface area contributed by atoms with E-state index < -0.39 is 0 Å². The zero-order valence-corrected chi connectivity index (χ0v) is 14.0. The van der Waals surface area contributed by atoms with Crippen molar-refractivity contribution in [2.75, 3.05) is 31.3 Å². The highest BCUT2D eigenvalue weighted by Crippen LogP contribution is 2.32. The van der Waals surface area contributed by atoms with Gasteiger partial charge in [0.1, 0.15) is 0 Å². The third kappa shape index (κ3) is 3.45. The van der Waals surface area contributed by atoms with Crippen molar-refractivity contribution >= 4 is 11.6 Å². The lowest BCUT2D eigenvalue weighted by molar-refractivity contribution is 0.0954. The molecule has 0 aliphatic carbocycles. The van der Waals surface area contributed by atoms with Crippen LogP contribution >= 0.6 is 0 Å². The van der Waals surface area contributed by atoms with Crippen LogP contribution in [0.5, 0.6) is 11.5 Å². The van der Waals surface area contributed by atoms with Crippen LogP contribution in [0.3, 0.4) is 0 Å². The number of hydrogen-bond acceptors (Lipinski definition) is 4. The van der Waals surface area contributed by atoms with Crippen LogP contribution in [0.15, 0.2) is 42.5 Å². The summed E-state index contributed by atoms with van der Waals surface area (Å²) in [5, 5.41) is 2.97. The van der Waals surface area contributed by atoms with E-state index in [1.165, 1.54) is 11.3 Å². The minimum atomic E-state index is -0.103. The number of nitrogens with one attached hydrogen (secondary N) is 1. The number of benzene rings is 2. The second-order valence-corrected chi connectivity index (χ2v) is 5.69. The van der Waals surface area contributed by atoms with E-state index >= 15 is 0 Å². The highest BCUT2D eigenvalue weighted by Gasteiger charge is 2.16. The van der Waals surface area contributed by atoms with Gasteiger partial charge in [-0.15, -0.1) is 0 Å². The number of rotatable bonds is 6. The second kappa shape index (κ2) is 7.25. The summed E-state index contributed by atoms with van der Waals surface area (Å²) in [6.45, 7) is 6.66. The maximum Gasteiger partial charge on any atom is 0.251 e. The molecule has 0 fully saturated rings. The van der Waals surface area contributed by atoms with Crippen molar-refractivity contribution in [2.24, 2.45) is 0 Å². The Bertz CT molecular complexity index is 730. The third-order valence-electron chi connectivity index (χ3n) is 4.14. The van der Waals surface area contributed by atoms with Crippen molar-refractivity contribution in [3.63, 3.8) is 0 Å². The fourth-order valence-electron chi connectivity index (χ4n) is 2.81. The van der Waals surface area contributed by atoms with Gasteiger partial charge in [0, 0.05) is 30.9 Å². The van der Waals surface area contributed by atoms with E-state index in [4.69, 9.17) is 9.47 Å². The Hall–Kier alpha value is -2.69. The Kier molecular flexibility index (Phi) is 4.89. The van der Waals surface area contributed by atoms with Gasteiger partial charge in [-0.25, -0.2) is 0 Å². The zero-order chi connectivity index (χ0) is 16.9. The fraction of sp³-hybridized carbons (Fsp3) is 0.316. The number of amides is 1. The largest absolute Gasteiger partial charge is 0.454 e.